The van der Waals surface area contributed by atoms with Gasteiger partial charge >= 0.3 is 0 Å². The molecule has 0 unspecified atom stereocenters. The Labute approximate surface area is 195 Å². The van der Waals surface area contributed by atoms with Crippen LogP contribution in [0.25, 0.3) is 22.3 Å². The molecular weight excluding hydrogens is 442 g/mol. The fourth-order valence-electron chi connectivity index (χ4n) is 4.86. The van der Waals surface area contributed by atoms with E-state index in [1.54, 1.807) is 28.7 Å². The molecule has 1 aliphatic carbocycles. The lowest BCUT2D eigenvalue weighted by Gasteiger charge is -2.26. The predicted molar refractivity (Wildman–Crippen MR) is 121 cm³/mol. The van der Waals surface area contributed by atoms with Gasteiger partial charge < -0.3 is 35.7 Å². The van der Waals surface area contributed by atoms with Crippen molar-refractivity contribution in [1.29, 1.82) is 0 Å². The van der Waals surface area contributed by atoms with Gasteiger partial charge in [0.1, 0.15) is 30.0 Å². The largest absolute Gasteiger partial charge is 0.393 e. The summed E-state index contributed by atoms with van der Waals surface area (Å²) >= 11 is 0. The van der Waals surface area contributed by atoms with Gasteiger partial charge in [0.2, 0.25) is 0 Å². The molecule has 1 aliphatic heterocycles. The first-order valence-electron chi connectivity index (χ1n) is 11.4. The van der Waals surface area contributed by atoms with Gasteiger partial charge in [0.15, 0.2) is 12.3 Å². The number of aliphatic hydroxyl groups is 3. The number of rotatable bonds is 5. The average Bonchev–Trinajstić information content (AvgIpc) is 3.50. The summed E-state index contributed by atoms with van der Waals surface area (Å²) in [6, 6.07) is 1.81. The maximum Gasteiger partial charge on any atom is 0.252 e. The van der Waals surface area contributed by atoms with Gasteiger partial charge in [-0.1, -0.05) is 0 Å². The van der Waals surface area contributed by atoms with Gasteiger partial charge in [0.25, 0.3) is 5.91 Å². The van der Waals surface area contributed by atoms with Crippen molar-refractivity contribution in [3.8, 4) is 11.3 Å². The molecule has 2 aliphatic rings. The molecular formula is C22H29N7O5. The minimum absolute atomic E-state index is 0.240. The third-order valence-corrected chi connectivity index (χ3v) is 6.78. The van der Waals surface area contributed by atoms with Crippen LogP contribution in [0.5, 0.6) is 0 Å². The van der Waals surface area contributed by atoms with Crippen LogP contribution in [0, 0.1) is 5.92 Å². The van der Waals surface area contributed by atoms with Crippen molar-refractivity contribution in [2.45, 2.75) is 56.3 Å². The number of nitrogens with zero attached hydrogens (tertiary/aromatic N) is 5. The molecule has 1 saturated carbocycles. The van der Waals surface area contributed by atoms with Crippen molar-refractivity contribution in [1.82, 2.24) is 29.6 Å². The monoisotopic (exact) mass is 471 g/mol. The summed E-state index contributed by atoms with van der Waals surface area (Å²) in [6.45, 7) is 0.429. The van der Waals surface area contributed by atoms with Crippen LogP contribution in [0.15, 0.2) is 24.8 Å². The Morgan fingerprint density at radius 1 is 1.21 bits per heavy atom. The van der Waals surface area contributed by atoms with Crippen LogP contribution in [0.1, 0.15) is 31.9 Å². The number of anilines is 1. The standard InChI is InChI=1S/C22H29N7O5/c1-28-7-6-14(27-28)13-9-29(20-15(13)19(23)25-10-26-20)22-17(32)16(31)18(34-22)21(33)24-8-11-2-4-12(30)5-3-11/h6-7,9-12,16-18,22,30-32H,2-5,8H2,1H3,(H,24,33)(H2,23,25,26)/t11?,12?,16-,17+,18-,22+/m0/s1. The molecule has 0 spiro atoms. The van der Waals surface area contributed by atoms with Crippen LogP contribution in [-0.2, 0) is 16.6 Å². The molecule has 34 heavy (non-hydrogen) atoms. The molecule has 182 valence electrons. The van der Waals surface area contributed by atoms with Crippen LogP contribution in [0.2, 0.25) is 0 Å². The van der Waals surface area contributed by atoms with Crippen molar-refractivity contribution in [3.63, 3.8) is 0 Å². The highest BCUT2D eigenvalue weighted by Crippen LogP contribution is 2.38. The molecule has 5 rings (SSSR count). The molecule has 3 aromatic heterocycles. The number of nitrogen functional groups attached to an aromatic ring is 1. The number of fused-ring (bicyclic) bond motifs is 1. The van der Waals surface area contributed by atoms with Crippen molar-refractivity contribution in [3.05, 3.63) is 24.8 Å². The quantitative estimate of drug-likeness (QED) is 0.335. The van der Waals surface area contributed by atoms with Crippen molar-refractivity contribution in [2.24, 2.45) is 13.0 Å². The van der Waals surface area contributed by atoms with E-state index in [1.165, 1.54) is 6.33 Å². The van der Waals surface area contributed by atoms with Gasteiger partial charge in [-0.3, -0.25) is 9.48 Å². The second kappa shape index (κ2) is 8.95. The third kappa shape index (κ3) is 4.02. The van der Waals surface area contributed by atoms with E-state index in [4.69, 9.17) is 10.5 Å². The SMILES string of the molecule is Cn1ccc(-c2cn([C@@H]3O[C@H](C(=O)NCC4CCC(O)CC4)[C@@H](O)[C@H]3O)c3ncnc(N)c23)n1. The molecule has 1 saturated heterocycles. The van der Waals surface area contributed by atoms with Crippen LogP contribution in [0.4, 0.5) is 5.82 Å². The first kappa shape index (κ1) is 22.7. The fourth-order valence-corrected chi connectivity index (χ4v) is 4.86. The summed E-state index contributed by atoms with van der Waals surface area (Å²) in [6.07, 6.45) is 2.49. The molecule has 12 heteroatoms. The Morgan fingerprint density at radius 3 is 2.68 bits per heavy atom. The lowest BCUT2D eigenvalue weighted by Crippen LogP contribution is -2.44. The van der Waals surface area contributed by atoms with Gasteiger partial charge in [-0.05, 0) is 37.7 Å². The maximum atomic E-state index is 12.8. The van der Waals surface area contributed by atoms with E-state index in [0.717, 1.165) is 12.8 Å². The Bertz CT molecular complexity index is 1190. The Balaban J connectivity index is 1.38. The topological polar surface area (TPSA) is 174 Å². The highest BCUT2D eigenvalue weighted by atomic mass is 16.6. The molecule has 4 heterocycles. The van der Waals surface area contributed by atoms with E-state index >= 15 is 0 Å². The molecule has 1 amide bonds. The van der Waals surface area contributed by atoms with E-state index in [2.05, 4.69) is 20.4 Å². The van der Waals surface area contributed by atoms with Gasteiger partial charge in [-0.2, -0.15) is 5.10 Å². The number of carbonyl (C=O) groups excluding carboxylic acids is 1. The lowest BCUT2D eigenvalue weighted by atomic mass is 9.87. The number of nitrogens with one attached hydrogen (secondary N) is 1. The number of nitrogens with two attached hydrogens (primary N) is 1. The van der Waals surface area contributed by atoms with Gasteiger partial charge in [0.05, 0.1) is 17.2 Å². The number of hydrogen-bond donors (Lipinski definition) is 5. The molecule has 0 radical (unpaired) electrons. The Hall–Kier alpha value is -3.06. The smallest absolute Gasteiger partial charge is 0.252 e. The van der Waals surface area contributed by atoms with E-state index in [0.29, 0.717) is 41.7 Å². The number of aromatic nitrogens is 5. The number of amides is 1. The Morgan fingerprint density at radius 2 is 1.97 bits per heavy atom. The second-order valence-electron chi connectivity index (χ2n) is 9.13. The lowest BCUT2D eigenvalue weighted by molar-refractivity contribution is -0.137. The van der Waals surface area contributed by atoms with E-state index < -0.39 is 30.4 Å². The number of aryl methyl sites for hydroxylation is 1. The highest BCUT2D eigenvalue weighted by molar-refractivity contribution is 5.99. The summed E-state index contributed by atoms with van der Waals surface area (Å²) < 4.78 is 9.08. The predicted octanol–water partition coefficient (Wildman–Crippen LogP) is -0.299. The van der Waals surface area contributed by atoms with Crippen molar-refractivity contribution in [2.75, 3.05) is 12.3 Å². The Kier molecular flexibility index (Phi) is 5.98. The molecule has 0 bridgehead atoms. The van der Waals surface area contributed by atoms with Crippen LogP contribution in [-0.4, -0.2) is 76.5 Å². The van der Waals surface area contributed by atoms with Crippen molar-refractivity contribution < 1.29 is 24.9 Å². The molecule has 2 fully saturated rings. The summed E-state index contributed by atoms with van der Waals surface area (Å²) in [5.74, 6) is 0.0145. The van der Waals surface area contributed by atoms with E-state index in [-0.39, 0.29) is 17.8 Å². The van der Waals surface area contributed by atoms with E-state index in [1.807, 2.05) is 6.07 Å². The van der Waals surface area contributed by atoms with Crippen LogP contribution in [0.3, 0.4) is 0 Å². The van der Waals surface area contributed by atoms with Crippen LogP contribution < -0.4 is 11.1 Å². The number of aliphatic hydroxyl groups excluding tert-OH is 3. The van der Waals surface area contributed by atoms with Crippen LogP contribution >= 0.6 is 0 Å². The minimum Gasteiger partial charge on any atom is -0.393 e. The first-order chi connectivity index (χ1) is 16.3. The zero-order valence-electron chi connectivity index (χ0n) is 18.8. The van der Waals surface area contributed by atoms with Gasteiger partial charge in [0, 0.05) is 31.5 Å². The normalized spacial score (nSPS) is 29.5. The van der Waals surface area contributed by atoms with Gasteiger partial charge in [-0.15, -0.1) is 0 Å². The zero-order chi connectivity index (χ0) is 24.0. The maximum absolute atomic E-state index is 12.8. The average molecular weight is 472 g/mol. The summed E-state index contributed by atoms with van der Waals surface area (Å²) in [4.78, 5) is 21.2. The molecule has 4 atom stereocenters. The minimum atomic E-state index is -1.42. The molecule has 6 N–H and O–H groups in total. The molecule has 3 aromatic rings. The number of carbonyl (C=O) groups is 1. The highest BCUT2D eigenvalue weighted by Gasteiger charge is 2.48. The summed E-state index contributed by atoms with van der Waals surface area (Å²) in [7, 11) is 1.79. The number of ether oxygens (including phenoxy) is 1. The first-order valence-corrected chi connectivity index (χ1v) is 11.4. The summed E-state index contributed by atoms with van der Waals surface area (Å²) in [5.41, 5.74) is 7.81. The third-order valence-electron chi connectivity index (χ3n) is 6.78. The second-order valence-corrected chi connectivity index (χ2v) is 9.13. The van der Waals surface area contributed by atoms with Crippen molar-refractivity contribution >= 4 is 22.8 Å². The fraction of sp³-hybridized carbons (Fsp3) is 0.545. The molecule has 12 nitrogen and oxygen atoms in total. The number of hydrogen-bond acceptors (Lipinski definition) is 9. The summed E-state index contributed by atoms with van der Waals surface area (Å²) in [5, 5.41) is 38.9. The zero-order valence-corrected chi connectivity index (χ0v) is 18.8. The van der Waals surface area contributed by atoms with Gasteiger partial charge in [-0.25, -0.2) is 9.97 Å². The van der Waals surface area contributed by atoms with E-state index in [9.17, 15) is 20.1 Å². The molecule has 0 aromatic carbocycles.